The molecule has 0 heterocycles. The topological polar surface area (TPSA) is 26.0 Å². The minimum atomic E-state index is 0.490. The van der Waals surface area contributed by atoms with Crippen LogP contribution in [0, 0.1) is 0 Å². The van der Waals surface area contributed by atoms with Crippen molar-refractivity contribution in [1.29, 1.82) is 0 Å². The minimum Gasteiger partial charge on any atom is -0.327 e. The van der Waals surface area contributed by atoms with Gasteiger partial charge in [0, 0.05) is 11.4 Å². The second-order valence-corrected chi connectivity index (χ2v) is 3.91. The number of allylic oxidation sites excluding steroid dienone is 4. The lowest BCUT2D eigenvalue weighted by molar-refractivity contribution is 1.24. The summed E-state index contributed by atoms with van der Waals surface area (Å²) in [7, 11) is 0. The smallest absolute Gasteiger partial charge is 0.0116 e. The third-order valence-corrected chi connectivity index (χ3v) is 2.54. The van der Waals surface area contributed by atoms with Crippen molar-refractivity contribution < 1.29 is 0 Å². The van der Waals surface area contributed by atoms with E-state index in [1.807, 2.05) is 54.6 Å². The number of benzene rings is 1. The van der Waals surface area contributed by atoms with Crippen molar-refractivity contribution in [1.82, 2.24) is 0 Å². The highest BCUT2D eigenvalue weighted by Gasteiger charge is 1.96. The fourth-order valence-corrected chi connectivity index (χ4v) is 1.66. The predicted molar refractivity (Wildman–Crippen MR) is 79.9 cm³/mol. The van der Waals surface area contributed by atoms with E-state index in [0.29, 0.717) is 6.54 Å². The number of thiol groups is 1. The molecule has 0 radical (unpaired) electrons. The van der Waals surface area contributed by atoms with Crippen LogP contribution in [-0.2, 0) is 0 Å². The van der Waals surface area contributed by atoms with Crippen molar-refractivity contribution >= 4 is 18.7 Å². The average Bonchev–Trinajstić information content (AvgIpc) is 2.35. The molecule has 0 aliphatic rings. The van der Waals surface area contributed by atoms with Gasteiger partial charge in [0.1, 0.15) is 0 Å². The molecule has 0 aliphatic heterocycles. The first kappa shape index (κ1) is 13.6. The Balaban J connectivity index is 2.96. The lowest BCUT2D eigenvalue weighted by Crippen LogP contribution is -1.95. The molecule has 17 heavy (non-hydrogen) atoms. The molecule has 1 aromatic carbocycles. The Bertz CT molecular complexity index is 441. The quantitative estimate of drug-likeness (QED) is 0.600. The molecule has 0 fully saturated rings. The molecule has 0 aliphatic carbocycles. The van der Waals surface area contributed by atoms with Crippen LogP contribution < -0.4 is 5.73 Å². The predicted octanol–water partition coefficient (Wildman–Crippen LogP) is 3.58. The highest BCUT2D eigenvalue weighted by atomic mass is 32.1. The molecule has 0 aromatic heterocycles. The molecule has 2 N–H and O–H groups in total. The van der Waals surface area contributed by atoms with Crippen LogP contribution in [0.25, 0.3) is 6.08 Å². The van der Waals surface area contributed by atoms with Gasteiger partial charge in [0.2, 0.25) is 0 Å². The SMILES string of the molecule is C=C\C=C/C(=C\CN)C(/S)=C/c1ccccc1. The molecule has 88 valence electrons. The molecule has 0 bridgehead atoms. The van der Waals surface area contributed by atoms with E-state index in [9.17, 15) is 0 Å². The number of nitrogens with two attached hydrogens (primary N) is 1. The molecular formula is C15H17NS. The Morgan fingerprint density at radius 1 is 1.29 bits per heavy atom. The monoisotopic (exact) mass is 243 g/mol. The third-order valence-electron chi connectivity index (χ3n) is 2.15. The van der Waals surface area contributed by atoms with Gasteiger partial charge in [-0.25, -0.2) is 0 Å². The first-order valence-electron chi connectivity index (χ1n) is 5.43. The van der Waals surface area contributed by atoms with Gasteiger partial charge < -0.3 is 5.73 Å². The van der Waals surface area contributed by atoms with Crippen molar-refractivity contribution in [3.8, 4) is 0 Å². The molecule has 1 rings (SSSR count). The summed E-state index contributed by atoms with van der Waals surface area (Å²) in [4.78, 5) is 0.889. The zero-order valence-electron chi connectivity index (χ0n) is 9.71. The summed E-state index contributed by atoms with van der Waals surface area (Å²) in [5.74, 6) is 0. The lowest BCUT2D eigenvalue weighted by atomic mass is 10.1. The Morgan fingerprint density at radius 3 is 2.59 bits per heavy atom. The van der Waals surface area contributed by atoms with Crippen LogP contribution in [0.15, 0.2) is 71.7 Å². The number of hydrogen-bond acceptors (Lipinski definition) is 2. The highest BCUT2D eigenvalue weighted by Crippen LogP contribution is 2.19. The van der Waals surface area contributed by atoms with Crippen LogP contribution in [0.5, 0.6) is 0 Å². The van der Waals surface area contributed by atoms with E-state index in [-0.39, 0.29) is 0 Å². The van der Waals surface area contributed by atoms with E-state index in [2.05, 4.69) is 19.2 Å². The fraction of sp³-hybridized carbons (Fsp3) is 0.0667. The van der Waals surface area contributed by atoms with Crippen molar-refractivity contribution in [2.45, 2.75) is 0 Å². The molecule has 0 unspecified atom stereocenters. The summed E-state index contributed by atoms with van der Waals surface area (Å²) in [6, 6.07) is 10.1. The molecule has 1 nitrogen and oxygen atoms in total. The van der Waals surface area contributed by atoms with Gasteiger partial charge in [-0.2, -0.15) is 0 Å². The van der Waals surface area contributed by atoms with E-state index >= 15 is 0 Å². The van der Waals surface area contributed by atoms with E-state index in [1.54, 1.807) is 6.08 Å². The largest absolute Gasteiger partial charge is 0.327 e. The maximum absolute atomic E-state index is 5.54. The average molecular weight is 243 g/mol. The minimum absolute atomic E-state index is 0.490. The van der Waals surface area contributed by atoms with Crippen molar-refractivity contribution in [3.05, 3.63) is 77.3 Å². The number of hydrogen-bond donors (Lipinski definition) is 2. The zero-order valence-corrected chi connectivity index (χ0v) is 10.6. The first-order chi connectivity index (χ1) is 8.27. The molecule has 0 spiro atoms. The van der Waals surface area contributed by atoms with E-state index in [4.69, 9.17) is 5.73 Å². The lowest BCUT2D eigenvalue weighted by Gasteiger charge is -2.02. The summed E-state index contributed by atoms with van der Waals surface area (Å²) < 4.78 is 0. The van der Waals surface area contributed by atoms with E-state index < -0.39 is 0 Å². The summed E-state index contributed by atoms with van der Waals surface area (Å²) in [5, 5.41) is 0. The van der Waals surface area contributed by atoms with Crippen LogP contribution in [0.2, 0.25) is 0 Å². The van der Waals surface area contributed by atoms with Crippen molar-refractivity contribution in [3.63, 3.8) is 0 Å². The van der Waals surface area contributed by atoms with Gasteiger partial charge in [0.25, 0.3) is 0 Å². The van der Waals surface area contributed by atoms with Gasteiger partial charge in [-0.15, -0.1) is 12.6 Å². The summed E-state index contributed by atoms with van der Waals surface area (Å²) in [5.41, 5.74) is 7.65. The fourth-order valence-electron chi connectivity index (χ4n) is 1.35. The normalized spacial score (nSPS) is 13.1. The number of rotatable bonds is 5. The van der Waals surface area contributed by atoms with Gasteiger partial charge in [0.05, 0.1) is 0 Å². The molecule has 0 saturated heterocycles. The Labute approximate surface area is 108 Å². The van der Waals surface area contributed by atoms with Crippen molar-refractivity contribution in [2.75, 3.05) is 6.54 Å². The summed E-state index contributed by atoms with van der Waals surface area (Å²) >= 11 is 4.50. The third kappa shape index (κ3) is 4.89. The van der Waals surface area contributed by atoms with Crippen LogP contribution in [0.3, 0.4) is 0 Å². The molecule has 0 atom stereocenters. The Morgan fingerprint density at radius 2 is 2.00 bits per heavy atom. The summed E-state index contributed by atoms with van der Waals surface area (Å²) in [6.45, 7) is 4.14. The first-order valence-corrected chi connectivity index (χ1v) is 5.88. The summed E-state index contributed by atoms with van der Waals surface area (Å²) in [6.07, 6.45) is 9.49. The maximum Gasteiger partial charge on any atom is 0.0116 e. The van der Waals surface area contributed by atoms with E-state index in [0.717, 1.165) is 16.0 Å². The second kappa shape index (κ2) is 7.71. The van der Waals surface area contributed by atoms with Crippen LogP contribution in [-0.4, -0.2) is 6.54 Å². The van der Waals surface area contributed by atoms with Gasteiger partial charge in [0.15, 0.2) is 0 Å². The standard InChI is InChI=1S/C15H17NS/c1-2-3-9-14(10-11-16)15(17)12-13-7-5-4-6-8-13/h2-10,12,17H,1,11,16H2/b9-3-,14-10+,15-12-. The van der Waals surface area contributed by atoms with Crippen LogP contribution in [0.1, 0.15) is 5.56 Å². The van der Waals surface area contributed by atoms with Gasteiger partial charge in [-0.3, -0.25) is 0 Å². The molecule has 0 amide bonds. The Hall–Kier alpha value is -1.51. The van der Waals surface area contributed by atoms with Crippen LogP contribution in [0.4, 0.5) is 0 Å². The zero-order chi connectivity index (χ0) is 12.5. The molecule has 1 aromatic rings. The second-order valence-electron chi connectivity index (χ2n) is 3.43. The van der Waals surface area contributed by atoms with E-state index in [1.165, 1.54) is 0 Å². The van der Waals surface area contributed by atoms with Crippen LogP contribution >= 0.6 is 12.6 Å². The highest BCUT2D eigenvalue weighted by molar-refractivity contribution is 7.85. The Kier molecular flexibility index (Phi) is 6.15. The molecular weight excluding hydrogens is 226 g/mol. The molecule has 2 heteroatoms. The van der Waals surface area contributed by atoms with Gasteiger partial charge in [-0.1, -0.05) is 61.2 Å². The van der Waals surface area contributed by atoms with Crippen molar-refractivity contribution in [2.24, 2.45) is 5.73 Å². The molecule has 0 saturated carbocycles. The van der Waals surface area contributed by atoms with Gasteiger partial charge in [-0.05, 0) is 17.2 Å². The maximum atomic E-state index is 5.54. The van der Waals surface area contributed by atoms with Gasteiger partial charge >= 0.3 is 0 Å².